The molecular weight excluding hydrogens is 709 g/mol. The third kappa shape index (κ3) is 10.4. The van der Waals surface area contributed by atoms with E-state index >= 15 is 0 Å². The number of aromatic nitrogens is 4. The van der Waals surface area contributed by atoms with E-state index in [1.54, 1.807) is 0 Å². The summed E-state index contributed by atoms with van der Waals surface area (Å²) in [7, 11) is -2.55. The van der Waals surface area contributed by atoms with Crippen molar-refractivity contribution in [3.05, 3.63) is 66.6 Å². The maximum atomic E-state index is 13.5. The first-order valence-electron chi connectivity index (χ1n) is 19.9. The Morgan fingerprint density at radius 2 is 1.48 bits per heavy atom. The fourth-order valence-corrected chi connectivity index (χ4v) is 8.96. The Morgan fingerprint density at radius 1 is 0.852 bits per heavy atom. The number of hydrogen-bond donors (Lipinski definition) is 0. The smallest absolute Gasteiger partial charge is 0.410 e. The summed E-state index contributed by atoms with van der Waals surface area (Å²) in [6, 6.07) is 19.0. The van der Waals surface area contributed by atoms with Crippen molar-refractivity contribution in [2.24, 2.45) is 0 Å². The third-order valence-corrected chi connectivity index (χ3v) is 13.8. The molecule has 2 aliphatic heterocycles. The fraction of sp³-hybridized carbons (Fsp3) is 0.571. The highest BCUT2D eigenvalue weighted by Crippen LogP contribution is 2.43. The van der Waals surface area contributed by atoms with Crippen LogP contribution in [0, 0.1) is 0 Å². The number of ether oxygens (including phenoxy) is 3. The molecule has 0 spiro atoms. The van der Waals surface area contributed by atoms with Crippen LogP contribution in [0.1, 0.15) is 64.5 Å². The normalized spacial score (nSPS) is 19.3. The van der Waals surface area contributed by atoms with Gasteiger partial charge in [-0.1, -0.05) is 75.7 Å². The minimum atomic E-state index is -1.28. The molecule has 1 aromatic carbocycles. The summed E-state index contributed by atoms with van der Waals surface area (Å²) in [4.78, 5) is 28.0. The molecule has 2 atom stereocenters. The number of nitrogens with zero attached hydrogens (tertiary/aromatic N) is 6. The average Bonchev–Trinajstić information content (AvgIpc) is 3.53. The molecular formula is C42H62N6O4Si2. The minimum absolute atomic E-state index is 0.115. The van der Waals surface area contributed by atoms with Crippen molar-refractivity contribution in [1.29, 1.82) is 0 Å². The number of amides is 1. The van der Waals surface area contributed by atoms with E-state index in [4.69, 9.17) is 29.3 Å². The Labute approximate surface area is 324 Å². The van der Waals surface area contributed by atoms with Crippen LogP contribution in [0.3, 0.4) is 0 Å². The van der Waals surface area contributed by atoms with Crippen molar-refractivity contribution in [2.75, 3.05) is 31.6 Å². The fourth-order valence-electron chi connectivity index (χ4n) is 7.45. The monoisotopic (exact) mass is 770 g/mol. The highest BCUT2D eigenvalue weighted by Gasteiger charge is 2.43. The molecule has 0 saturated carbocycles. The lowest BCUT2D eigenvalue weighted by Crippen LogP contribution is -2.55. The van der Waals surface area contributed by atoms with E-state index in [2.05, 4.69) is 74.5 Å². The summed E-state index contributed by atoms with van der Waals surface area (Å²) in [5.74, 6) is 1.07. The van der Waals surface area contributed by atoms with Crippen LogP contribution in [0.4, 0.5) is 10.6 Å². The number of rotatable bonds is 14. The predicted octanol–water partition coefficient (Wildman–Crippen LogP) is 9.92. The lowest BCUT2D eigenvalue weighted by atomic mass is 9.77. The molecule has 0 N–H and O–H groups in total. The molecule has 3 aromatic heterocycles. The Hall–Kier alpha value is -3.59. The van der Waals surface area contributed by atoms with E-state index in [0.29, 0.717) is 26.7 Å². The summed E-state index contributed by atoms with van der Waals surface area (Å²) in [5.41, 5.74) is 5.15. The van der Waals surface area contributed by atoms with Crippen molar-refractivity contribution in [3.63, 3.8) is 0 Å². The number of benzene rings is 1. The maximum absolute atomic E-state index is 13.5. The largest absolute Gasteiger partial charge is 0.444 e. The summed E-state index contributed by atoms with van der Waals surface area (Å²) in [5, 5.41) is 4.96. The molecule has 4 aromatic rings. The Kier molecular flexibility index (Phi) is 12.4. The molecule has 0 radical (unpaired) electrons. The second-order valence-electron chi connectivity index (χ2n) is 18.7. The summed E-state index contributed by atoms with van der Waals surface area (Å²) in [6.07, 6.45) is 8.39. The molecule has 2 saturated heterocycles. The first-order chi connectivity index (χ1) is 25.5. The summed E-state index contributed by atoms with van der Waals surface area (Å²) >= 11 is 0. The van der Waals surface area contributed by atoms with Gasteiger partial charge in [0.15, 0.2) is 5.65 Å². The quantitative estimate of drug-likeness (QED) is 0.0711. The molecule has 2 fully saturated rings. The predicted molar refractivity (Wildman–Crippen MR) is 224 cm³/mol. The van der Waals surface area contributed by atoms with E-state index in [0.717, 1.165) is 83.7 Å². The minimum Gasteiger partial charge on any atom is -0.444 e. The zero-order valence-electron chi connectivity index (χ0n) is 34.1. The van der Waals surface area contributed by atoms with E-state index in [-0.39, 0.29) is 24.1 Å². The van der Waals surface area contributed by atoms with Crippen LogP contribution in [0.25, 0.3) is 28.0 Å². The Balaban J connectivity index is 1.37. The van der Waals surface area contributed by atoms with Crippen LogP contribution in [0.15, 0.2) is 60.9 Å². The van der Waals surface area contributed by atoms with Crippen molar-refractivity contribution in [1.82, 2.24) is 24.5 Å². The van der Waals surface area contributed by atoms with Gasteiger partial charge >= 0.3 is 6.09 Å². The van der Waals surface area contributed by atoms with E-state index in [9.17, 15) is 4.79 Å². The van der Waals surface area contributed by atoms with Crippen LogP contribution in [0.2, 0.25) is 51.4 Å². The standard InChI is InChI=1S/C42H62N6O4Si2/c1-42(2,3)52-41(49)47-34-16-13-17-35(47)25-33(24-34)38-26-39(46(29-50-20-22-53(4,5)6)30-51-21-23-54(7,8)9)48-40(45-38)36(28-44-48)32-18-19-37(43-27-32)31-14-11-10-12-15-31/h10-12,14-15,18-19,26-28,33-35H,13,16-17,20-25,29-30H2,1-9H3. The number of carbonyl (C=O) groups is 1. The van der Waals surface area contributed by atoms with Crippen molar-refractivity contribution < 1.29 is 19.0 Å². The molecule has 6 rings (SSSR count). The molecule has 12 heteroatoms. The number of fused-ring (bicyclic) bond motifs is 3. The van der Waals surface area contributed by atoms with Gasteiger partial charge in [-0.05, 0) is 71.0 Å². The molecule has 2 aliphatic rings. The molecule has 54 heavy (non-hydrogen) atoms. The van der Waals surface area contributed by atoms with Crippen LogP contribution in [-0.4, -0.2) is 91.1 Å². The second kappa shape index (κ2) is 16.6. The van der Waals surface area contributed by atoms with Crippen LogP contribution < -0.4 is 4.90 Å². The Morgan fingerprint density at radius 3 is 2.04 bits per heavy atom. The van der Waals surface area contributed by atoms with Crippen LogP contribution in [0.5, 0.6) is 0 Å². The van der Waals surface area contributed by atoms with Gasteiger partial charge in [-0.25, -0.2) is 9.78 Å². The van der Waals surface area contributed by atoms with E-state index in [1.807, 2.05) is 60.8 Å². The summed E-state index contributed by atoms with van der Waals surface area (Å²) < 4.78 is 20.7. The van der Waals surface area contributed by atoms with E-state index in [1.165, 1.54) is 0 Å². The van der Waals surface area contributed by atoms with Gasteiger partial charge < -0.3 is 24.0 Å². The van der Waals surface area contributed by atoms with Gasteiger partial charge in [-0.3, -0.25) is 4.98 Å². The van der Waals surface area contributed by atoms with Gasteiger partial charge in [0, 0.05) is 82.0 Å². The number of pyridine rings is 1. The molecule has 5 heterocycles. The van der Waals surface area contributed by atoms with Gasteiger partial charge in [0.1, 0.15) is 24.9 Å². The molecule has 0 aliphatic carbocycles. The van der Waals surface area contributed by atoms with Gasteiger partial charge in [0.05, 0.1) is 11.9 Å². The third-order valence-electron chi connectivity index (χ3n) is 10.4. The lowest BCUT2D eigenvalue weighted by Gasteiger charge is -2.48. The zero-order valence-corrected chi connectivity index (χ0v) is 36.1. The Bertz CT molecular complexity index is 1810. The molecule has 292 valence electrons. The van der Waals surface area contributed by atoms with Gasteiger partial charge in [-0.2, -0.15) is 9.61 Å². The van der Waals surface area contributed by atoms with Crippen molar-refractivity contribution in [2.45, 2.75) is 128 Å². The first kappa shape index (κ1) is 40.1. The van der Waals surface area contributed by atoms with Crippen molar-refractivity contribution in [3.8, 4) is 22.4 Å². The second-order valence-corrected chi connectivity index (χ2v) is 29.9. The summed E-state index contributed by atoms with van der Waals surface area (Å²) in [6.45, 7) is 22.3. The van der Waals surface area contributed by atoms with Crippen LogP contribution in [-0.2, 0) is 14.2 Å². The number of hydrogen-bond acceptors (Lipinski definition) is 8. The topological polar surface area (TPSA) is 94.3 Å². The van der Waals surface area contributed by atoms with Crippen LogP contribution >= 0.6 is 0 Å². The zero-order chi connectivity index (χ0) is 38.7. The number of anilines is 1. The van der Waals surface area contributed by atoms with Gasteiger partial charge in [0.25, 0.3) is 0 Å². The lowest BCUT2D eigenvalue weighted by molar-refractivity contribution is -0.0219. The van der Waals surface area contributed by atoms with Gasteiger partial charge in [-0.15, -0.1) is 0 Å². The number of piperidine rings is 2. The van der Waals surface area contributed by atoms with Gasteiger partial charge in [0.2, 0.25) is 0 Å². The molecule has 2 bridgehead atoms. The molecule has 10 nitrogen and oxygen atoms in total. The SMILES string of the molecule is CC(C)(C)OC(=O)N1C2CCCC1CC(c1cc(N(COCC[Si](C)(C)C)COCC[Si](C)(C)C)n3ncc(-c4ccc(-c5ccccc5)nc4)c3n1)C2. The molecule has 1 amide bonds. The average molecular weight is 771 g/mol. The highest BCUT2D eigenvalue weighted by atomic mass is 28.3. The highest BCUT2D eigenvalue weighted by molar-refractivity contribution is 6.76. The maximum Gasteiger partial charge on any atom is 0.410 e. The van der Waals surface area contributed by atoms with E-state index < -0.39 is 21.7 Å². The molecule has 2 unspecified atom stereocenters. The first-order valence-corrected chi connectivity index (χ1v) is 27.3. The van der Waals surface area contributed by atoms with Crippen molar-refractivity contribution >= 4 is 33.7 Å². The number of carbonyl (C=O) groups excluding carboxylic acids is 1.